The van der Waals surface area contributed by atoms with Crippen molar-refractivity contribution in [3.63, 3.8) is 0 Å². The summed E-state index contributed by atoms with van der Waals surface area (Å²) in [6.45, 7) is 2.15. The number of piperidine rings is 1. The van der Waals surface area contributed by atoms with Crippen molar-refractivity contribution in [2.75, 3.05) is 6.54 Å². The molecule has 1 N–H and O–H groups in total. The molecule has 1 aromatic carbocycles. The standard InChI is InChI=1S/C15H19N3/c1-2-6-13(7-3-1)15-8-4-5-9-18(15)11-14-10-16-12-17-14/h1-3,6-7,10,12,15H,4-5,8-9,11H2,(H,16,17). The minimum absolute atomic E-state index is 0.559. The lowest BCUT2D eigenvalue weighted by molar-refractivity contribution is 0.139. The maximum absolute atomic E-state index is 4.10. The third-order valence-electron chi connectivity index (χ3n) is 3.73. The maximum atomic E-state index is 4.10. The Hall–Kier alpha value is -1.61. The van der Waals surface area contributed by atoms with Crippen molar-refractivity contribution in [2.24, 2.45) is 0 Å². The molecule has 2 heterocycles. The van der Waals surface area contributed by atoms with Gasteiger partial charge < -0.3 is 4.98 Å². The van der Waals surface area contributed by atoms with Crippen LogP contribution < -0.4 is 0 Å². The monoisotopic (exact) mass is 241 g/mol. The number of aromatic nitrogens is 2. The molecule has 0 radical (unpaired) electrons. The summed E-state index contributed by atoms with van der Waals surface area (Å²) in [4.78, 5) is 9.87. The highest BCUT2D eigenvalue weighted by atomic mass is 15.2. The zero-order chi connectivity index (χ0) is 12.2. The first-order valence-corrected chi connectivity index (χ1v) is 6.70. The minimum Gasteiger partial charge on any atom is -0.347 e. The van der Waals surface area contributed by atoms with Crippen molar-refractivity contribution in [3.8, 4) is 0 Å². The van der Waals surface area contributed by atoms with Gasteiger partial charge in [-0.1, -0.05) is 36.8 Å². The second kappa shape index (κ2) is 5.36. The molecule has 0 amide bonds. The van der Waals surface area contributed by atoms with Crippen LogP contribution in [0.25, 0.3) is 0 Å². The zero-order valence-electron chi connectivity index (χ0n) is 10.5. The fraction of sp³-hybridized carbons (Fsp3) is 0.400. The quantitative estimate of drug-likeness (QED) is 0.895. The molecular formula is C15H19N3. The highest BCUT2D eigenvalue weighted by molar-refractivity contribution is 5.19. The van der Waals surface area contributed by atoms with Gasteiger partial charge in [-0.05, 0) is 24.9 Å². The number of nitrogens with one attached hydrogen (secondary N) is 1. The summed E-state index contributed by atoms with van der Waals surface area (Å²) in [5, 5.41) is 0. The fourth-order valence-corrected chi connectivity index (χ4v) is 2.82. The van der Waals surface area contributed by atoms with Gasteiger partial charge in [0.2, 0.25) is 0 Å². The van der Waals surface area contributed by atoms with Crippen LogP contribution in [-0.2, 0) is 6.54 Å². The number of hydrogen-bond donors (Lipinski definition) is 1. The van der Waals surface area contributed by atoms with Crippen LogP contribution in [-0.4, -0.2) is 21.4 Å². The molecule has 0 saturated carbocycles. The van der Waals surface area contributed by atoms with Gasteiger partial charge in [-0.2, -0.15) is 0 Å². The van der Waals surface area contributed by atoms with Gasteiger partial charge in [0.05, 0.1) is 6.33 Å². The molecule has 18 heavy (non-hydrogen) atoms. The number of aromatic amines is 1. The summed E-state index contributed by atoms with van der Waals surface area (Å²) in [7, 11) is 0. The number of benzene rings is 1. The molecule has 0 bridgehead atoms. The Morgan fingerprint density at radius 1 is 1.22 bits per heavy atom. The molecule has 3 nitrogen and oxygen atoms in total. The summed E-state index contributed by atoms with van der Waals surface area (Å²) in [6, 6.07) is 11.4. The normalized spacial score (nSPS) is 21.0. The Kier molecular flexibility index (Phi) is 3.42. The second-order valence-corrected chi connectivity index (χ2v) is 4.97. The van der Waals surface area contributed by atoms with E-state index in [-0.39, 0.29) is 0 Å². The van der Waals surface area contributed by atoms with E-state index in [9.17, 15) is 0 Å². The molecule has 2 aromatic rings. The molecule has 0 spiro atoms. The van der Waals surface area contributed by atoms with Crippen molar-refractivity contribution in [1.82, 2.24) is 14.9 Å². The highest BCUT2D eigenvalue weighted by Gasteiger charge is 2.23. The van der Waals surface area contributed by atoms with Crippen LogP contribution in [0.3, 0.4) is 0 Å². The van der Waals surface area contributed by atoms with Crippen LogP contribution in [0.15, 0.2) is 42.9 Å². The van der Waals surface area contributed by atoms with Crippen LogP contribution in [0.5, 0.6) is 0 Å². The van der Waals surface area contributed by atoms with Gasteiger partial charge >= 0.3 is 0 Å². The molecule has 94 valence electrons. The first-order valence-electron chi connectivity index (χ1n) is 6.70. The van der Waals surface area contributed by atoms with Gasteiger partial charge in [-0.3, -0.25) is 4.90 Å². The number of nitrogens with zero attached hydrogens (tertiary/aromatic N) is 2. The number of H-pyrrole nitrogens is 1. The Labute approximate surface area is 108 Å². The predicted octanol–water partition coefficient (Wildman–Crippen LogP) is 3.14. The van der Waals surface area contributed by atoms with Crippen molar-refractivity contribution < 1.29 is 0 Å². The van der Waals surface area contributed by atoms with Gasteiger partial charge in [0, 0.05) is 24.5 Å². The van der Waals surface area contributed by atoms with Gasteiger partial charge in [0.1, 0.15) is 0 Å². The molecule has 1 aromatic heterocycles. The predicted molar refractivity (Wildman–Crippen MR) is 72.0 cm³/mol. The first-order chi connectivity index (χ1) is 8.93. The van der Waals surface area contributed by atoms with Gasteiger partial charge in [-0.25, -0.2) is 4.98 Å². The van der Waals surface area contributed by atoms with Crippen molar-refractivity contribution in [3.05, 3.63) is 54.1 Å². The Balaban J connectivity index is 1.78. The number of rotatable bonds is 3. The van der Waals surface area contributed by atoms with Crippen LogP contribution in [0, 0.1) is 0 Å². The van der Waals surface area contributed by atoms with Gasteiger partial charge in [-0.15, -0.1) is 0 Å². The van der Waals surface area contributed by atoms with E-state index in [1.807, 2.05) is 6.20 Å². The van der Waals surface area contributed by atoms with Crippen molar-refractivity contribution >= 4 is 0 Å². The Bertz CT molecular complexity index is 464. The molecule has 1 aliphatic rings. The third kappa shape index (κ3) is 2.46. The Morgan fingerprint density at radius 2 is 2.11 bits per heavy atom. The number of imidazole rings is 1. The molecule has 1 unspecified atom stereocenters. The molecule has 1 aliphatic heterocycles. The van der Waals surface area contributed by atoms with E-state index >= 15 is 0 Å². The summed E-state index contributed by atoms with van der Waals surface area (Å²) in [5.41, 5.74) is 2.65. The second-order valence-electron chi connectivity index (χ2n) is 4.97. The fourth-order valence-electron chi connectivity index (χ4n) is 2.82. The molecule has 3 heteroatoms. The van der Waals surface area contributed by atoms with Crippen LogP contribution in [0.4, 0.5) is 0 Å². The molecule has 1 saturated heterocycles. The average molecular weight is 241 g/mol. The molecule has 3 rings (SSSR count). The van der Waals surface area contributed by atoms with Crippen molar-refractivity contribution in [1.29, 1.82) is 0 Å². The van der Waals surface area contributed by atoms with E-state index in [1.165, 1.54) is 37.1 Å². The maximum Gasteiger partial charge on any atom is 0.0922 e. The number of hydrogen-bond acceptors (Lipinski definition) is 2. The third-order valence-corrected chi connectivity index (χ3v) is 3.73. The van der Waals surface area contributed by atoms with Crippen LogP contribution >= 0.6 is 0 Å². The van der Waals surface area contributed by atoms with Crippen molar-refractivity contribution in [2.45, 2.75) is 31.8 Å². The van der Waals surface area contributed by atoms with Crippen LogP contribution in [0.1, 0.15) is 36.6 Å². The number of likely N-dealkylation sites (tertiary alicyclic amines) is 1. The first kappa shape index (κ1) is 11.5. The largest absolute Gasteiger partial charge is 0.347 e. The lowest BCUT2D eigenvalue weighted by atomic mass is 9.95. The van der Waals surface area contributed by atoms with Crippen LogP contribution in [0.2, 0.25) is 0 Å². The van der Waals surface area contributed by atoms with Gasteiger partial charge in [0.15, 0.2) is 0 Å². The van der Waals surface area contributed by atoms with E-state index in [1.54, 1.807) is 6.33 Å². The zero-order valence-corrected chi connectivity index (χ0v) is 10.5. The summed E-state index contributed by atoms with van der Waals surface area (Å²) in [6.07, 6.45) is 7.59. The van der Waals surface area contributed by atoms with E-state index in [0.29, 0.717) is 6.04 Å². The average Bonchev–Trinajstić information content (AvgIpc) is 2.93. The lowest BCUT2D eigenvalue weighted by Crippen LogP contribution is -2.33. The van der Waals surface area contributed by atoms with E-state index < -0.39 is 0 Å². The van der Waals surface area contributed by atoms with E-state index in [4.69, 9.17) is 0 Å². The van der Waals surface area contributed by atoms with E-state index in [0.717, 1.165) is 6.54 Å². The smallest absolute Gasteiger partial charge is 0.0922 e. The molecule has 1 fully saturated rings. The molecule has 1 atom stereocenters. The minimum atomic E-state index is 0.559. The highest BCUT2D eigenvalue weighted by Crippen LogP contribution is 2.31. The molecule has 0 aliphatic carbocycles. The summed E-state index contributed by atoms with van der Waals surface area (Å²) < 4.78 is 0. The summed E-state index contributed by atoms with van der Waals surface area (Å²) >= 11 is 0. The lowest BCUT2D eigenvalue weighted by Gasteiger charge is -2.35. The Morgan fingerprint density at radius 3 is 2.89 bits per heavy atom. The topological polar surface area (TPSA) is 31.9 Å². The SMILES string of the molecule is c1ccc(C2CCCCN2Cc2cnc[nH]2)cc1. The molecular weight excluding hydrogens is 222 g/mol. The van der Waals surface area contributed by atoms with Gasteiger partial charge in [0.25, 0.3) is 0 Å². The van der Waals surface area contributed by atoms with E-state index in [2.05, 4.69) is 45.2 Å². The summed E-state index contributed by atoms with van der Waals surface area (Å²) in [5.74, 6) is 0.